The molecule has 1 amide bonds. The van der Waals surface area contributed by atoms with E-state index in [0.717, 1.165) is 35.2 Å². The lowest BCUT2D eigenvalue weighted by atomic mass is 10.1. The number of aromatic nitrogens is 1. The van der Waals surface area contributed by atoms with Crippen molar-refractivity contribution < 1.29 is 9.53 Å². The molecule has 3 aromatic rings. The van der Waals surface area contributed by atoms with E-state index in [4.69, 9.17) is 9.72 Å². The molecule has 1 aliphatic heterocycles. The molecule has 1 aliphatic rings. The molecule has 4 rings (SSSR count). The van der Waals surface area contributed by atoms with Crippen molar-refractivity contribution in [2.24, 2.45) is 0 Å². The van der Waals surface area contributed by atoms with Gasteiger partial charge in [-0.1, -0.05) is 24.3 Å². The minimum atomic E-state index is -0.194. The van der Waals surface area contributed by atoms with Crippen molar-refractivity contribution in [1.29, 1.82) is 0 Å². The van der Waals surface area contributed by atoms with Crippen LogP contribution >= 0.6 is 11.3 Å². The summed E-state index contributed by atoms with van der Waals surface area (Å²) in [6.45, 7) is 2.17. The number of para-hydroxylation sites is 1. The molecular formula is C21H21N3O2S. The molecule has 1 N–H and O–H groups in total. The summed E-state index contributed by atoms with van der Waals surface area (Å²) in [5.41, 5.74) is 3.18. The molecule has 0 saturated carbocycles. The van der Waals surface area contributed by atoms with Crippen molar-refractivity contribution >= 4 is 28.1 Å². The number of hydrogen-bond acceptors (Lipinski definition) is 5. The Labute approximate surface area is 162 Å². The Morgan fingerprint density at radius 3 is 2.78 bits per heavy atom. The van der Waals surface area contributed by atoms with Crippen LogP contribution in [-0.4, -0.2) is 31.1 Å². The number of carbonyl (C=O) groups excluding carboxylic acids is 1. The lowest BCUT2D eigenvalue weighted by Gasteiger charge is -2.12. The average Bonchev–Trinajstić information content (AvgIpc) is 3.39. The van der Waals surface area contributed by atoms with Crippen molar-refractivity contribution in [3.8, 4) is 17.0 Å². The first-order valence-electron chi connectivity index (χ1n) is 9.00. The zero-order chi connectivity index (χ0) is 18.6. The number of amides is 1. The molecule has 0 bridgehead atoms. The quantitative estimate of drug-likeness (QED) is 0.700. The molecular weight excluding hydrogens is 358 g/mol. The Balaban J connectivity index is 1.53. The number of nitrogens with one attached hydrogen (secondary N) is 1. The zero-order valence-corrected chi connectivity index (χ0v) is 16.0. The van der Waals surface area contributed by atoms with Gasteiger partial charge in [-0.05, 0) is 37.1 Å². The highest BCUT2D eigenvalue weighted by Crippen LogP contribution is 2.30. The van der Waals surface area contributed by atoms with E-state index >= 15 is 0 Å². The van der Waals surface area contributed by atoms with Gasteiger partial charge in [-0.25, -0.2) is 4.98 Å². The van der Waals surface area contributed by atoms with Gasteiger partial charge < -0.3 is 15.0 Å². The lowest BCUT2D eigenvalue weighted by Crippen LogP contribution is -2.17. The lowest BCUT2D eigenvalue weighted by molar-refractivity contribution is 0.102. The number of ether oxygens (including phenoxy) is 1. The molecule has 6 heteroatoms. The van der Waals surface area contributed by atoms with E-state index in [1.54, 1.807) is 30.6 Å². The van der Waals surface area contributed by atoms with Crippen molar-refractivity contribution in [3.63, 3.8) is 0 Å². The average molecular weight is 379 g/mol. The predicted octanol–water partition coefficient (Wildman–Crippen LogP) is 4.67. The number of hydrogen-bond donors (Lipinski definition) is 1. The van der Waals surface area contributed by atoms with Crippen LogP contribution in [0.15, 0.2) is 53.9 Å². The largest absolute Gasteiger partial charge is 0.496 e. The smallest absolute Gasteiger partial charge is 0.259 e. The van der Waals surface area contributed by atoms with Crippen LogP contribution in [0.5, 0.6) is 5.75 Å². The maximum atomic E-state index is 12.6. The van der Waals surface area contributed by atoms with E-state index < -0.39 is 0 Å². The maximum absolute atomic E-state index is 12.6. The van der Waals surface area contributed by atoms with Gasteiger partial charge in [-0.2, -0.15) is 0 Å². The molecule has 2 heterocycles. The topological polar surface area (TPSA) is 54.5 Å². The molecule has 0 atom stereocenters. The molecule has 5 nitrogen and oxygen atoms in total. The molecule has 2 aromatic carbocycles. The van der Waals surface area contributed by atoms with E-state index in [2.05, 4.69) is 15.6 Å². The molecule has 0 radical (unpaired) electrons. The van der Waals surface area contributed by atoms with Crippen LogP contribution < -0.4 is 15.0 Å². The van der Waals surface area contributed by atoms with Gasteiger partial charge >= 0.3 is 0 Å². The predicted molar refractivity (Wildman–Crippen MR) is 110 cm³/mol. The fraction of sp³-hybridized carbons (Fsp3) is 0.238. The summed E-state index contributed by atoms with van der Waals surface area (Å²) < 4.78 is 5.27. The Morgan fingerprint density at radius 1 is 1.15 bits per heavy atom. The van der Waals surface area contributed by atoms with Crippen LogP contribution in [0.2, 0.25) is 0 Å². The normalized spacial score (nSPS) is 13.6. The van der Waals surface area contributed by atoms with Crippen LogP contribution in [-0.2, 0) is 0 Å². The van der Waals surface area contributed by atoms with Crippen LogP contribution in [0.3, 0.4) is 0 Å². The van der Waals surface area contributed by atoms with E-state index in [-0.39, 0.29) is 5.91 Å². The highest BCUT2D eigenvalue weighted by atomic mass is 32.1. The number of benzene rings is 2. The number of carbonyl (C=O) groups is 1. The molecule has 1 aromatic heterocycles. The van der Waals surface area contributed by atoms with Crippen LogP contribution in [0.1, 0.15) is 23.2 Å². The summed E-state index contributed by atoms with van der Waals surface area (Å²) in [4.78, 5) is 19.7. The second-order valence-corrected chi connectivity index (χ2v) is 7.28. The van der Waals surface area contributed by atoms with E-state index in [1.165, 1.54) is 12.8 Å². The Kier molecular flexibility index (Phi) is 5.07. The highest BCUT2D eigenvalue weighted by molar-refractivity contribution is 7.14. The molecule has 1 saturated heterocycles. The maximum Gasteiger partial charge on any atom is 0.259 e. The van der Waals surface area contributed by atoms with Crippen LogP contribution in [0, 0.1) is 0 Å². The van der Waals surface area contributed by atoms with Gasteiger partial charge in [0, 0.05) is 29.7 Å². The third kappa shape index (κ3) is 3.80. The van der Waals surface area contributed by atoms with Crippen molar-refractivity contribution in [1.82, 2.24) is 4.98 Å². The summed E-state index contributed by atoms with van der Waals surface area (Å²) in [5.74, 6) is 0.363. The highest BCUT2D eigenvalue weighted by Gasteiger charge is 2.16. The molecule has 27 heavy (non-hydrogen) atoms. The molecule has 0 unspecified atom stereocenters. The van der Waals surface area contributed by atoms with Crippen LogP contribution in [0.4, 0.5) is 10.8 Å². The minimum absolute atomic E-state index is 0.194. The number of methoxy groups -OCH3 is 1. The SMILES string of the molecule is COc1ccccc1C(=O)Nc1cccc(-c2csc(N3CCCC3)n2)c1. The monoisotopic (exact) mass is 379 g/mol. The fourth-order valence-electron chi connectivity index (χ4n) is 3.24. The number of anilines is 2. The van der Waals surface area contributed by atoms with Crippen molar-refractivity contribution in [3.05, 3.63) is 59.5 Å². The second-order valence-electron chi connectivity index (χ2n) is 6.44. The van der Waals surface area contributed by atoms with Crippen LogP contribution in [0.25, 0.3) is 11.3 Å². The first-order chi connectivity index (χ1) is 13.2. The third-order valence-corrected chi connectivity index (χ3v) is 5.54. The number of rotatable bonds is 5. The molecule has 0 spiro atoms. The molecule has 0 aliphatic carbocycles. The standard InChI is InChI=1S/C21H21N3O2S/c1-26-19-10-3-2-9-17(19)20(25)22-16-8-6-7-15(13-16)18-14-27-21(23-18)24-11-4-5-12-24/h2-3,6-10,13-14H,4-5,11-12H2,1H3,(H,22,25). The Bertz CT molecular complexity index is 948. The van der Waals surface area contributed by atoms with Gasteiger partial charge in [0.05, 0.1) is 18.4 Å². The first-order valence-corrected chi connectivity index (χ1v) is 9.88. The van der Waals surface area contributed by atoms with Gasteiger partial charge in [0.25, 0.3) is 5.91 Å². The molecule has 138 valence electrons. The van der Waals surface area contributed by atoms with E-state index in [9.17, 15) is 4.79 Å². The summed E-state index contributed by atoms with van der Waals surface area (Å²) in [5, 5.41) is 6.10. The summed E-state index contributed by atoms with van der Waals surface area (Å²) >= 11 is 1.67. The van der Waals surface area contributed by atoms with Gasteiger partial charge in [-0.15, -0.1) is 11.3 Å². The Hall–Kier alpha value is -2.86. The first kappa shape index (κ1) is 17.5. The van der Waals surface area contributed by atoms with Crippen molar-refractivity contribution in [2.75, 3.05) is 30.4 Å². The second kappa shape index (κ2) is 7.80. The Morgan fingerprint density at radius 2 is 1.96 bits per heavy atom. The molecule has 1 fully saturated rings. The minimum Gasteiger partial charge on any atom is -0.496 e. The third-order valence-electron chi connectivity index (χ3n) is 4.64. The summed E-state index contributed by atoms with van der Waals surface area (Å²) in [6, 6.07) is 15.0. The number of nitrogens with zero attached hydrogens (tertiary/aromatic N) is 2. The van der Waals surface area contributed by atoms with E-state index in [0.29, 0.717) is 11.3 Å². The van der Waals surface area contributed by atoms with Crippen molar-refractivity contribution in [2.45, 2.75) is 12.8 Å². The van der Waals surface area contributed by atoms with Gasteiger partial charge in [0.15, 0.2) is 5.13 Å². The fourth-order valence-corrected chi connectivity index (χ4v) is 4.13. The zero-order valence-electron chi connectivity index (χ0n) is 15.1. The van der Waals surface area contributed by atoms with Gasteiger partial charge in [-0.3, -0.25) is 4.79 Å². The van der Waals surface area contributed by atoms with E-state index in [1.807, 2.05) is 36.4 Å². The van der Waals surface area contributed by atoms with Gasteiger partial charge in [0.2, 0.25) is 0 Å². The summed E-state index contributed by atoms with van der Waals surface area (Å²) in [7, 11) is 1.56. The number of thiazole rings is 1. The van der Waals surface area contributed by atoms with Gasteiger partial charge in [0.1, 0.15) is 5.75 Å². The summed E-state index contributed by atoms with van der Waals surface area (Å²) in [6.07, 6.45) is 2.47.